The minimum atomic E-state index is -0.622. The van der Waals surface area contributed by atoms with Crippen LogP contribution in [0.4, 0.5) is 0 Å². The number of fused-ring (bicyclic) bond motifs is 2. The lowest BCUT2D eigenvalue weighted by molar-refractivity contribution is 0.0855. The number of benzene rings is 1. The molecule has 1 N–H and O–H groups in total. The topological polar surface area (TPSA) is 103 Å². The predicted molar refractivity (Wildman–Crippen MR) is 115 cm³/mol. The molecule has 0 unspecified atom stereocenters. The summed E-state index contributed by atoms with van der Waals surface area (Å²) in [4.78, 5) is 35.4. The van der Waals surface area contributed by atoms with Gasteiger partial charge in [-0.15, -0.1) is 0 Å². The van der Waals surface area contributed by atoms with Gasteiger partial charge in [0.1, 0.15) is 11.4 Å². The summed E-state index contributed by atoms with van der Waals surface area (Å²) in [5.74, 6) is 1.65. The highest BCUT2D eigenvalue weighted by molar-refractivity contribution is 5.98. The fraction of sp³-hybridized carbons (Fsp3) is 0.522. The van der Waals surface area contributed by atoms with Crippen molar-refractivity contribution in [3.8, 4) is 0 Å². The number of nitrogens with zero attached hydrogens (tertiary/aromatic N) is 4. The zero-order chi connectivity index (χ0) is 21.4. The Kier molecular flexibility index (Phi) is 5.08. The second-order valence-electron chi connectivity index (χ2n) is 8.76. The first-order chi connectivity index (χ1) is 15.1. The standard InChI is InChI=1S/C23H27N5O3/c1-15-24-22(27-31-15)23(11-5-3-6-12-23)26-20(29)16-9-10-17-18(14-16)25-19-8-4-2-7-13-28(19)21(17)30/h9-10,14H,2-8,11-13H2,1H3,(H,26,29). The molecule has 2 aliphatic rings. The molecular weight excluding hydrogens is 394 g/mol. The van der Waals surface area contributed by atoms with E-state index in [1.807, 2.05) is 0 Å². The number of aromatic nitrogens is 4. The van der Waals surface area contributed by atoms with Gasteiger partial charge in [-0.3, -0.25) is 14.2 Å². The second kappa shape index (κ2) is 7.90. The van der Waals surface area contributed by atoms with E-state index in [4.69, 9.17) is 9.51 Å². The fourth-order valence-corrected chi connectivity index (χ4v) is 4.90. The Bertz CT molecular complexity index is 1190. The molecule has 162 valence electrons. The van der Waals surface area contributed by atoms with Crippen molar-refractivity contribution in [2.75, 3.05) is 0 Å². The van der Waals surface area contributed by atoms with Gasteiger partial charge in [-0.05, 0) is 43.9 Å². The number of hydrogen-bond acceptors (Lipinski definition) is 6. The fourth-order valence-electron chi connectivity index (χ4n) is 4.90. The smallest absolute Gasteiger partial charge is 0.261 e. The maximum absolute atomic E-state index is 13.3. The first-order valence-electron chi connectivity index (χ1n) is 11.2. The molecule has 3 aromatic rings. The van der Waals surface area contributed by atoms with E-state index in [2.05, 4.69) is 15.5 Å². The van der Waals surface area contributed by atoms with Gasteiger partial charge in [0.05, 0.1) is 10.9 Å². The first kappa shape index (κ1) is 19.9. The van der Waals surface area contributed by atoms with E-state index in [0.29, 0.717) is 34.7 Å². The third-order valence-corrected chi connectivity index (χ3v) is 6.59. The molecule has 8 nitrogen and oxygen atoms in total. The summed E-state index contributed by atoms with van der Waals surface area (Å²) in [5, 5.41) is 7.87. The van der Waals surface area contributed by atoms with Crippen LogP contribution in [0.25, 0.3) is 10.9 Å². The molecule has 1 fully saturated rings. The monoisotopic (exact) mass is 421 g/mol. The van der Waals surface area contributed by atoms with Crippen LogP contribution in [0.2, 0.25) is 0 Å². The van der Waals surface area contributed by atoms with E-state index in [1.54, 1.807) is 29.7 Å². The van der Waals surface area contributed by atoms with E-state index < -0.39 is 5.54 Å². The van der Waals surface area contributed by atoms with Crippen LogP contribution in [0.15, 0.2) is 27.5 Å². The number of rotatable bonds is 3. The Morgan fingerprint density at radius 2 is 1.90 bits per heavy atom. The molecule has 2 aromatic heterocycles. The number of aryl methyl sites for hydroxylation is 2. The van der Waals surface area contributed by atoms with Crippen molar-refractivity contribution >= 4 is 16.8 Å². The van der Waals surface area contributed by atoms with Gasteiger partial charge in [0.25, 0.3) is 11.5 Å². The van der Waals surface area contributed by atoms with Crippen LogP contribution in [0.5, 0.6) is 0 Å². The highest BCUT2D eigenvalue weighted by Crippen LogP contribution is 2.36. The summed E-state index contributed by atoms with van der Waals surface area (Å²) in [6, 6.07) is 5.17. The zero-order valence-electron chi connectivity index (χ0n) is 17.8. The van der Waals surface area contributed by atoms with Crippen LogP contribution < -0.4 is 10.9 Å². The third-order valence-electron chi connectivity index (χ3n) is 6.59. The molecule has 8 heteroatoms. The Hall–Kier alpha value is -3.03. The number of hydrogen-bond donors (Lipinski definition) is 1. The summed E-state index contributed by atoms with van der Waals surface area (Å²) < 4.78 is 7.00. The highest BCUT2D eigenvalue weighted by atomic mass is 16.5. The summed E-state index contributed by atoms with van der Waals surface area (Å²) in [5.41, 5.74) is 0.435. The van der Waals surface area contributed by atoms with Crippen LogP contribution in [-0.4, -0.2) is 25.6 Å². The second-order valence-corrected chi connectivity index (χ2v) is 8.76. The van der Waals surface area contributed by atoms with Gasteiger partial charge >= 0.3 is 0 Å². The van der Waals surface area contributed by atoms with E-state index in [0.717, 1.165) is 63.6 Å². The van der Waals surface area contributed by atoms with Crippen LogP contribution in [0, 0.1) is 6.92 Å². The molecule has 1 aromatic carbocycles. The van der Waals surface area contributed by atoms with Crippen molar-refractivity contribution in [3.05, 3.63) is 51.7 Å². The van der Waals surface area contributed by atoms with Crippen molar-refractivity contribution < 1.29 is 9.32 Å². The molecule has 0 radical (unpaired) electrons. The minimum Gasteiger partial charge on any atom is -0.340 e. The van der Waals surface area contributed by atoms with E-state index in [1.165, 1.54) is 0 Å². The molecule has 1 aliphatic heterocycles. The van der Waals surface area contributed by atoms with Crippen molar-refractivity contribution in [1.82, 2.24) is 25.0 Å². The lowest BCUT2D eigenvalue weighted by Crippen LogP contribution is -2.48. The summed E-state index contributed by atoms with van der Waals surface area (Å²) in [6.07, 6.45) is 8.60. The van der Waals surface area contributed by atoms with Crippen LogP contribution in [0.3, 0.4) is 0 Å². The van der Waals surface area contributed by atoms with Gasteiger partial charge < -0.3 is 9.84 Å². The Morgan fingerprint density at radius 3 is 2.68 bits per heavy atom. The SMILES string of the molecule is Cc1nc(C2(NC(=O)c3ccc4c(=O)n5c(nc4c3)CCCCC5)CCCCC2)no1. The van der Waals surface area contributed by atoms with E-state index in [-0.39, 0.29) is 11.5 Å². The van der Waals surface area contributed by atoms with Crippen LogP contribution in [0.1, 0.15) is 79.3 Å². The molecule has 0 bridgehead atoms. The minimum absolute atomic E-state index is 0.0140. The van der Waals surface area contributed by atoms with Gasteiger partial charge in [0, 0.05) is 25.5 Å². The molecule has 0 spiro atoms. The zero-order valence-corrected chi connectivity index (χ0v) is 17.8. The quantitative estimate of drug-likeness (QED) is 0.695. The Morgan fingerprint density at radius 1 is 1.10 bits per heavy atom. The van der Waals surface area contributed by atoms with Gasteiger partial charge in [-0.2, -0.15) is 4.98 Å². The summed E-state index contributed by atoms with van der Waals surface area (Å²) >= 11 is 0. The number of amides is 1. The number of carbonyl (C=O) groups is 1. The molecule has 0 saturated heterocycles. The van der Waals surface area contributed by atoms with Crippen molar-refractivity contribution in [2.24, 2.45) is 0 Å². The molecule has 1 aliphatic carbocycles. The molecule has 5 rings (SSSR count). The average molecular weight is 422 g/mol. The molecular formula is C23H27N5O3. The molecule has 0 atom stereocenters. The van der Waals surface area contributed by atoms with Crippen molar-refractivity contribution in [2.45, 2.75) is 76.8 Å². The predicted octanol–water partition coefficient (Wildman–Crippen LogP) is 3.40. The lowest BCUT2D eigenvalue weighted by Gasteiger charge is -2.35. The number of nitrogens with one attached hydrogen (secondary N) is 1. The highest BCUT2D eigenvalue weighted by Gasteiger charge is 2.39. The number of carbonyl (C=O) groups excluding carboxylic acids is 1. The Balaban J connectivity index is 1.49. The Labute approximate surface area is 180 Å². The molecule has 1 saturated carbocycles. The van der Waals surface area contributed by atoms with E-state index in [9.17, 15) is 9.59 Å². The first-order valence-corrected chi connectivity index (χ1v) is 11.2. The maximum atomic E-state index is 13.3. The van der Waals surface area contributed by atoms with E-state index >= 15 is 0 Å². The molecule has 31 heavy (non-hydrogen) atoms. The summed E-state index contributed by atoms with van der Waals surface area (Å²) in [7, 11) is 0. The van der Waals surface area contributed by atoms with Crippen LogP contribution >= 0.6 is 0 Å². The van der Waals surface area contributed by atoms with Crippen molar-refractivity contribution in [3.63, 3.8) is 0 Å². The molecule has 1 amide bonds. The molecule has 3 heterocycles. The van der Waals surface area contributed by atoms with Gasteiger partial charge in [-0.1, -0.05) is 30.8 Å². The normalized spacial score (nSPS) is 18.4. The van der Waals surface area contributed by atoms with Gasteiger partial charge in [0.15, 0.2) is 5.82 Å². The lowest BCUT2D eigenvalue weighted by atomic mass is 9.80. The maximum Gasteiger partial charge on any atom is 0.261 e. The third kappa shape index (κ3) is 3.64. The van der Waals surface area contributed by atoms with Gasteiger partial charge in [-0.25, -0.2) is 4.98 Å². The van der Waals surface area contributed by atoms with Crippen molar-refractivity contribution in [1.29, 1.82) is 0 Å². The average Bonchev–Trinajstić information content (AvgIpc) is 3.08. The largest absolute Gasteiger partial charge is 0.340 e. The van der Waals surface area contributed by atoms with Gasteiger partial charge in [0.2, 0.25) is 5.89 Å². The van der Waals surface area contributed by atoms with Crippen LogP contribution in [-0.2, 0) is 18.5 Å². The summed E-state index contributed by atoms with van der Waals surface area (Å²) in [6.45, 7) is 2.47.